The Morgan fingerprint density at radius 2 is 1.59 bits per heavy atom. The van der Waals surface area contributed by atoms with Gasteiger partial charge in [0, 0.05) is 43.3 Å². The van der Waals surface area contributed by atoms with Gasteiger partial charge in [0.1, 0.15) is 11.6 Å². The van der Waals surface area contributed by atoms with Crippen LogP contribution >= 0.6 is 0 Å². The number of carbonyl (C=O) groups is 2. The molecule has 0 atom stereocenters. The van der Waals surface area contributed by atoms with Crippen LogP contribution in [-0.4, -0.2) is 35.9 Å². The fourth-order valence-electron chi connectivity index (χ4n) is 2.37. The molecule has 2 N–H and O–H groups in total. The van der Waals surface area contributed by atoms with Gasteiger partial charge in [0.25, 0.3) is 11.8 Å². The second-order valence-corrected chi connectivity index (χ2v) is 6.00. The predicted octanol–water partition coefficient (Wildman–Crippen LogP) is 3.05. The van der Waals surface area contributed by atoms with Gasteiger partial charge in [-0.05, 0) is 42.5 Å². The number of hydrogen-bond acceptors (Lipinski definition) is 5. The molecule has 0 unspecified atom stereocenters. The Balaban J connectivity index is 1.73. The van der Waals surface area contributed by atoms with Crippen molar-refractivity contribution < 1.29 is 9.59 Å². The molecule has 3 rings (SSSR count). The van der Waals surface area contributed by atoms with Gasteiger partial charge >= 0.3 is 0 Å². The second kappa shape index (κ2) is 8.09. The number of nitrogens with zero attached hydrogens (tertiary/aromatic N) is 3. The Kier molecular flexibility index (Phi) is 5.41. The van der Waals surface area contributed by atoms with Gasteiger partial charge < -0.3 is 15.5 Å². The monoisotopic (exact) mass is 361 g/mol. The van der Waals surface area contributed by atoms with Crippen LogP contribution in [0.5, 0.6) is 0 Å². The van der Waals surface area contributed by atoms with Crippen LogP contribution in [0.4, 0.5) is 17.3 Å². The van der Waals surface area contributed by atoms with Crippen LogP contribution in [0.25, 0.3) is 0 Å². The summed E-state index contributed by atoms with van der Waals surface area (Å²) in [7, 11) is 3.71. The van der Waals surface area contributed by atoms with Crippen molar-refractivity contribution in [2.24, 2.45) is 0 Å². The molecule has 0 aliphatic heterocycles. The molecule has 27 heavy (non-hydrogen) atoms. The van der Waals surface area contributed by atoms with Crippen molar-refractivity contribution >= 4 is 29.1 Å². The summed E-state index contributed by atoms with van der Waals surface area (Å²) in [6.45, 7) is 0. The molecular weight excluding hydrogens is 342 g/mol. The van der Waals surface area contributed by atoms with Crippen molar-refractivity contribution in [3.05, 3.63) is 78.1 Å². The summed E-state index contributed by atoms with van der Waals surface area (Å²) in [5, 5.41) is 5.52. The van der Waals surface area contributed by atoms with Gasteiger partial charge in [0.15, 0.2) is 0 Å². The molecule has 0 spiro atoms. The van der Waals surface area contributed by atoms with Crippen LogP contribution < -0.4 is 15.5 Å². The number of anilines is 3. The SMILES string of the molecule is CN(C)c1cc(C(=O)Nc2cccc(C(=O)Nc3ccccn3)c2)ccn1. The second-order valence-electron chi connectivity index (χ2n) is 6.00. The zero-order valence-electron chi connectivity index (χ0n) is 15.0. The first-order valence-corrected chi connectivity index (χ1v) is 8.30. The van der Waals surface area contributed by atoms with E-state index in [9.17, 15) is 9.59 Å². The fourth-order valence-corrected chi connectivity index (χ4v) is 2.37. The van der Waals surface area contributed by atoms with Gasteiger partial charge in [0.05, 0.1) is 0 Å². The number of amides is 2. The van der Waals surface area contributed by atoms with Crippen molar-refractivity contribution in [1.29, 1.82) is 0 Å². The summed E-state index contributed by atoms with van der Waals surface area (Å²) in [4.78, 5) is 34.9. The molecule has 3 aromatic rings. The lowest BCUT2D eigenvalue weighted by Gasteiger charge is -2.12. The van der Waals surface area contributed by atoms with E-state index >= 15 is 0 Å². The molecular formula is C20H19N5O2. The largest absolute Gasteiger partial charge is 0.363 e. The molecule has 0 fully saturated rings. The number of aromatic nitrogens is 2. The van der Waals surface area contributed by atoms with E-state index in [1.165, 1.54) is 0 Å². The van der Waals surface area contributed by atoms with Crippen LogP contribution in [0.15, 0.2) is 67.0 Å². The highest BCUT2D eigenvalue weighted by Crippen LogP contribution is 2.15. The van der Waals surface area contributed by atoms with E-state index in [-0.39, 0.29) is 11.8 Å². The van der Waals surface area contributed by atoms with E-state index in [0.29, 0.717) is 28.5 Å². The van der Waals surface area contributed by atoms with Crippen LogP contribution in [0.3, 0.4) is 0 Å². The molecule has 2 amide bonds. The van der Waals surface area contributed by atoms with Gasteiger partial charge in [-0.25, -0.2) is 9.97 Å². The fraction of sp³-hybridized carbons (Fsp3) is 0.100. The lowest BCUT2D eigenvalue weighted by atomic mass is 10.1. The van der Waals surface area contributed by atoms with E-state index in [2.05, 4.69) is 20.6 Å². The molecule has 0 aliphatic carbocycles. The Morgan fingerprint density at radius 1 is 0.815 bits per heavy atom. The Morgan fingerprint density at radius 3 is 2.33 bits per heavy atom. The van der Waals surface area contributed by atoms with Crippen molar-refractivity contribution in [3.8, 4) is 0 Å². The molecule has 136 valence electrons. The maximum atomic E-state index is 12.5. The molecule has 0 saturated heterocycles. The minimum atomic E-state index is -0.302. The molecule has 0 aliphatic rings. The summed E-state index contributed by atoms with van der Waals surface area (Å²) in [5.74, 6) is 0.572. The van der Waals surface area contributed by atoms with Gasteiger partial charge in [-0.2, -0.15) is 0 Å². The topological polar surface area (TPSA) is 87.2 Å². The Bertz CT molecular complexity index is 957. The lowest BCUT2D eigenvalue weighted by molar-refractivity contribution is 0.101. The average Bonchev–Trinajstić information content (AvgIpc) is 2.69. The maximum absolute atomic E-state index is 12.5. The van der Waals surface area contributed by atoms with Crippen LogP contribution in [0.2, 0.25) is 0 Å². The minimum Gasteiger partial charge on any atom is -0.363 e. The summed E-state index contributed by atoms with van der Waals surface area (Å²) < 4.78 is 0. The number of benzene rings is 1. The molecule has 7 heteroatoms. The molecule has 0 saturated carbocycles. The molecule has 2 heterocycles. The molecule has 0 radical (unpaired) electrons. The zero-order chi connectivity index (χ0) is 19.2. The third kappa shape index (κ3) is 4.66. The first kappa shape index (κ1) is 18.1. The van der Waals surface area contributed by atoms with Gasteiger partial charge in [-0.1, -0.05) is 12.1 Å². The highest BCUT2D eigenvalue weighted by atomic mass is 16.2. The molecule has 0 bridgehead atoms. The summed E-state index contributed by atoms with van der Waals surface area (Å²) in [5.41, 5.74) is 1.43. The van der Waals surface area contributed by atoms with E-state index < -0.39 is 0 Å². The number of hydrogen-bond donors (Lipinski definition) is 2. The normalized spacial score (nSPS) is 10.1. The minimum absolute atomic E-state index is 0.275. The van der Waals surface area contributed by atoms with E-state index in [0.717, 1.165) is 0 Å². The first-order valence-electron chi connectivity index (χ1n) is 8.30. The Labute approximate surface area is 157 Å². The number of nitrogens with one attached hydrogen (secondary N) is 2. The highest BCUT2D eigenvalue weighted by Gasteiger charge is 2.11. The van der Waals surface area contributed by atoms with Crippen molar-refractivity contribution in [3.63, 3.8) is 0 Å². The summed E-state index contributed by atoms with van der Waals surface area (Å²) in [6, 6.07) is 15.3. The predicted molar refractivity (Wildman–Crippen MR) is 105 cm³/mol. The number of carbonyl (C=O) groups excluding carboxylic acids is 2. The average molecular weight is 361 g/mol. The molecule has 1 aromatic carbocycles. The van der Waals surface area contributed by atoms with Crippen LogP contribution in [0, 0.1) is 0 Å². The summed E-state index contributed by atoms with van der Waals surface area (Å²) in [6.07, 6.45) is 3.18. The quantitative estimate of drug-likeness (QED) is 0.729. The van der Waals surface area contributed by atoms with E-state index in [4.69, 9.17) is 0 Å². The van der Waals surface area contributed by atoms with Crippen LogP contribution in [-0.2, 0) is 0 Å². The van der Waals surface area contributed by atoms with Crippen molar-refractivity contribution in [2.45, 2.75) is 0 Å². The molecule has 2 aromatic heterocycles. The third-order valence-corrected chi connectivity index (χ3v) is 3.76. The molecule has 7 nitrogen and oxygen atoms in total. The first-order chi connectivity index (χ1) is 13.0. The van der Waals surface area contributed by atoms with E-state index in [1.54, 1.807) is 67.0 Å². The number of rotatable bonds is 5. The number of pyridine rings is 2. The maximum Gasteiger partial charge on any atom is 0.256 e. The lowest BCUT2D eigenvalue weighted by Crippen LogP contribution is -2.16. The standard InChI is InChI=1S/C20H19N5O2/c1-25(2)18-13-15(9-11-22-18)19(26)23-16-7-5-6-14(12-16)20(27)24-17-8-3-4-10-21-17/h3-13H,1-2H3,(H,23,26)(H,21,24,27). The van der Waals surface area contributed by atoms with E-state index in [1.807, 2.05) is 19.0 Å². The van der Waals surface area contributed by atoms with Gasteiger partial charge in [-0.3, -0.25) is 9.59 Å². The van der Waals surface area contributed by atoms with Gasteiger partial charge in [0.2, 0.25) is 0 Å². The summed E-state index contributed by atoms with van der Waals surface area (Å²) >= 11 is 0. The van der Waals surface area contributed by atoms with Gasteiger partial charge in [-0.15, -0.1) is 0 Å². The van der Waals surface area contributed by atoms with Crippen molar-refractivity contribution in [2.75, 3.05) is 29.6 Å². The van der Waals surface area contributed by atoms with Crippen molar-refractivity contribution in [1.82, 2.24) is 9.97 Å². The zero-order valence-corrected chi connectivity index (χ0v) is 15.0. The Hall–Kier alpha value is -3.74. The smallest absolute Gasteiger partial charge is 0.256 e. The van der Waals surface area contributed by atoms with Crippen LogP contribution in [0.1, 0.15) is 20.7 Å². The third-order valence-electron chi connectivity index (χ3n) is 3.76. The highest BCUT2D eigenvalue weighted by molar-refractivity contribution is 6.07.